The maximum atomic E-state index is 3.71. The second-order valence-corrected chi connectivity index (χ2v) is 6.53. The summed E-state index contributed by atoms with van der Waals surface area (Å²) in [6, 6.07) is 17.7. The average Bonchev–Trinajstić information content (AvgIpc) is 3.13. The monoisotopic (exact) mass is 294 g/mol. The molecule has 0 spiro atoms. The number of para-hydroxylation sites is 1. The Morgan fingerprint density at radius 3 is 2.95 bits per heavy atom. The number of H-pyrrole nitrogens is 1. The summed E-state index contributed by atoms with van der Waals surface area (Å²) in [4.78, 5) is 4.78. The van der Waals surface area contributed by atoms with Gasteiger partial charge in [0.2, 0.25) is 0 Å². The van der Waals surface area contributed by atoms with E-state index in [0.29, 0.717) is 6.04 Å². The first-order valence-electron chi connectivity index (χ1n) is 7.42. The van der Waals surface area contributed by atoms with Gasteiger partial charge in [-0.3, -0.25) is 0 Å². The van der Waals surface area contributed by atoms with Crippen molar-refractivity contribution in [3.63, 3.8) is 0 Å². The zero-order chi connectivity index (χ0) is 14.1. The summed E-state index contributed by atoms with van der Waals surface area (Å²) in [5.74, 6) is 1.15. The molecule has 1 aliphatic rings. The van der Waals surface area contributed by atoms with E-state index in [1.807, 2.05) is 11.8 Å². The Morgan fingerprint density at radius 1 is 1.10 bits per heavy atom. The maximum absolute atomic E-state index is 3.71. The van der Waals surface area contributed by atoms with Gasteiger partial charge in [0.15, 0.2) is 0 Å². The molecular weight excluding hydrogens is 276 g/mol. The van der Waals surface area contributed by atoms with Crippen molar-refractivity contribution in [2.45, 2.75) is 17.4 Å². The summed E-state index contributed by atoms with van der Waals surface area (Å²) < 4.78 is 0. The number of benzene rings is 2. The highest BCUT2D eigenvalue weighted by atomic mass is 32.2. The molecule has 2 nitrogen and oxygen atoms in total. The molecule has 2 N–H and O–H groups in total. The molecule has 0 saturated carbocycles. The fourth-order valence-corrected chi connectivity index (χ4v) is 4.25. The van der Waals surface area contributed by atoms with Crippen LogP contribution >= 0.6 is 11.8 Å². The quantitative estimate of drug-likeness (QED) is 0.756. The van der Waals surface area contributed by atoms with Gasteiger partial charge < -0.3 is 10.3 Å². The number of hydrogen-bond donors (Lipinski definition) is 2. The van der Waals surface area contributed by atoms with Gasteiger partial charge in [-0.2, -0.15) is 0 Å². The fraction of sp³-hybridized carbons (Fsp3) is 0.222. The van der Waals surface area contributed by atoms with Crippen LogP contribution < -0.4 is 5.32 Å². The van der Waals surface area contributed by atoms with E-state index >= 15 is 0 Å². The van der Waals surface area contributed by atoms with E-state index in [0.717, 1.165) is 18.7 Å². The summed E-state index contributed by atoms with van der Waals surface area (Å²) in [5.41, 5.74) is 4.09. The molecule has 21 heavy (non-hydrogen) atoms. The predicted molar refractivity (Wildman–Crippen MR) is 89.9 cm³/mol. The third kappa shape index (κ3) is 2.47. The zero-order valence-electron chi connectivity index (χ0n) is 11.8. The number of hydrogen-bond acceptors (Lipinski definition) is 2. The van der Waals surface area contributed by atoms with Gasteiger partial charge in [-0.1, -0.05) is 36.4 Å². The molecule has 0 saturated heterocycles. The minimum Gasteiger partial charge on any atom is -0.361 e. The van der Waals surface area contributed by atoms with E-state index in [-0.39, 0.29) is 0 Å². The summed E-state index contributed by atoms with van der Waals surface area (Å²) in [6.45, 7) is 1.02. The maximum Gasteiger partial charge on any atom is 0.0456 e. The van der Waals surface area contributed by atoms with Crippen molar-refractivity contribution in [2.75, 3.05) is 12.3 Å². The molecule has 106 valence electrons. The Hall–Kier alpha value is -1.71. The Labute approximate surface area is 129 Å². The topological polar surface area (TPSA) is 27.8 Å². The number of rotatable bonds is 4. The van der Waals surface area contributed by atoms with Gasteiger partial charge in [0.1, 0.15) is 0 Å². The first-order chi connectivity index (χ1) is 10.4. The first-order valence-corrected chi connectivity index (χ1v) is 8.40. The lowest BCUT2D eigenvalue weighted by molar-refractivity contribution is 0.586. The van der Waals surface area contributed by atoms with Crippen LogP contribution in [0.1, 0.15) is 17.2 Å². The van der Waals surface area contributed by atoms with Gasteiger partial charge in [-0.25, -0.2) is 0 Å². The lowest BCUT2D eigenvalue weighted by atomic mass is 10.1. The normalized spacial score (nSPS) is 17.2. The summed E-state index contributed by atoms with van der Waals surface area (Å²) in [7, 11) is 0. The van der Waals surface area contributed by atoms with Crippen LogP contribution in [-0.2, 0) is 6.42 Å². The smallest absolute Gasteiger partial charge is 0.0456 e. The number of aromatic amines is 1. The highest BCUT2D eigenvalue weighted by Gasteiger charge is 2.21. The van der Waals surface area contributed by atoms with Crippen LogP contribution in [0.5, 0.6) is 0 Å². The summed E-state index contributed by atoms with van der Waals surface area (Å²) in [6.07, 6.45) is 3.21. The average molecular weight is 294 g/mol. The Kier molecular flexibility index (Phi) is 3.45. The van der Waals surface area contributed by atoms with Crippen molar-refractivity contribution in [1.29, 1.82) is 0 Å². The zero-order valence-corrected chi connectivity index (χ0v) is 12.6. The van der Waals surface area contributed by atoms with E-state index in [9.17, 15) is 0 Å². The highest BCUT2D eigenvalue weighted by molar-refractivity contribution is 7.99. The van der Waals surface area contributed by atoms with Crippen LogP contribution in [0.25, 0.3) is 10.9 Å². The highest BCUT2D eigenvalue weighted by Crippen LogP contribution is 2.37. The van der Waals surface area contributed by atoms with Gasteiger partial charge in [0.05, 0.1) is 0 Å². The first kappa shape index (κ1) is 13.0. The fourth-order valence-electron chi connectivity index (χ4n) is 3.05. The molecule has 1 aromatic heterocycles. The van der Waals surface area contributed by atoms with E-state index in [1.54, 1.807) is 0 Å². The second-order valence-electron chi connectivity index (χ2n) is 5.47. The van der Waals surface area contributed by atoms with Crippen LogP contribution in [0.3, 0.4) is 0 Å². The van der Waals surface area contributed by atoms with E-state index < -0.39 is 0 Å². The molecule has 2 aromatic carbocycles. The number of aromatic nitrogens is 1. The van der Waals surface area contributed by atoms with Gasteiger partial charge in [-0.15, -0.1) is 11.8 Å². The third-order valence-electron chi connectivity index (χ3n) is 4.16. The minimum atomic E-state index is 0.497. The lowest BCUT2D eigenvalue weighted by Gasteiger charge is -2.12. The van der Waals surface area contributed by atoms with Gasteiger partial charge in [0, 0.05) is 33.8 Å². The minimum absolute atomic E-state index is 0.497. The Morgan fingerprint density at radius 2 is 1.95 bits per heavy atom. The number of thioether (sulfide) groups is 1. The van der Waals surface area contributed by atoms with Crippen molar-refractivity contribution >= 4 is 22.7 Å². The molecule has 3 aromatic rings. The van der Waals surface area contributed by atoms with E-state index in [4.69, 9.17) is 0 Å². The molecule has 0 amide bonds. The van der Waals surface area contributed by atoms with E-state index in [2.05, 4.69) is 65.0 Å². The SMILES string of the molecule is c1ccc2c(c1)SCC2NCCc1c[nH]c2ccccc12. The number of fused-ring (bicyclic) bond motifs is 2. The standard InChI is InChI=1S/C18H18N2S/c1-3-7-16-14(5-1)13(11-20-16)9-10-19-17-12-21-18-8-4-2-6-15(17)18/h1-8,11,17,19-20H,9-10,12H2. The third-order valence-corrected chi connectivity index (χ3v) is 5.34. The predicted octanol–water partition coefficient (Wildman–Crippen LogP) is 4.15. The van der Waals surface area contributed by atoms with Crippen molar-refractivity contribution in [3.05, 3.63) is 65.9 Å². The van der Waals surface area contributed by atoms with Gasteiger partial charge >= 0.3 is 0 Å². The molecule has 4 rings (SSSR count). The van der Waals surface area contributed by atoms with Gasteiger partial charge in [-0.05, 0) is 36.2 Å². The lowest BCUT2D eigenvalue weighted by Crippen LogP contribution is -2.23. The van der Waals surface area contributed by atoms with Crippen LogP contribution in [0.2, 0.25) is 0 Å². The van der Waals surface area contributed by atoms with E-state index in [1.165, 1.54) is 26.9 Å². The van der Waals surface area contributed by atoms with Crippen LogP contribution in [0.4, 0.5) is 0 Å². The molecule has 0 aliphatic carbocycles. The molecule has 2 heterocycles. The largest absolute Gasteiger partial charge is 0.361 e. The molecule has 0 fully saturated rings. The number of nitrogens with one attached hydrogen (secondary N) is 2. The van der Waals surface area contributed by atoms with Crippen molar-refractivity contribution in [2.24, 2.45) is 0 Å². The van der Waals surface area contributed by atoms with Crippen LogP contribution in [0.15, 0.2) is 59.6 Å². The molecule has 1 unspecified atom stereocenters. The Bertz CT molecular complexity index is 763. The molecule has 0 radical (unpaired) electrons. The summed E-state index contributed by atoms with van der Waals surface area (Å²) >= 11 is 1.96. The van der Waals surface area contributed by atoms with Crippen LogP contribution in [0, 0.1) is 0 Å². The molecule has 1 atom stereocenters. The van der Waals surface area contributed by atoms with Crippen molar-refractivity contribution in [3.8, 4) is 0 Å². The van der Waals surface area contributed by atoms with Crippen molar-refractivity contribution < 1.29 is 0 Å². The molecule has 0 bridgehead atoms. The second kappa shape index (κ2) is 5.58. The van der Waals surface area contributed by atoms with Crippen LogP contribution in [-0.4, -0.2) is 17.3 Å². The van der Waals surface area contributed by atoms with Gasteiger partial charge in [0.25, 0.3) is 0 Å². The molecular formula is C18H18N2S. The molecule has 1 aliphatic heterocycles. The van der Waals surface area contributed by atoms with Crippen molar-refractivity contribution in [1.82, 2.24) is 10.3 Å². The molecule has 3 heteroatoms. The Balaban J connectivity index is 1.42. The summed E-state index contributed by atoms with van der Waals surface area (Å²) in [5, 5.41) is 5.05.